The van der Waals surface area contributed by atoms with Crippen LogP contribution in [0.4, 0.5) is 0 Å². The largest absolute Gasteiger partial charge is 0.286 e. The second-order valence-electron chi connectivity index (χ2n) is 2.98. The molecule has 0 aromatic rings. The van der Waals surface area contributed by atoms with Crippen molar-refractivity contribution in [1.29, 1.82) is 0 Å². The van der Waals surface area contributed by atoms with Crippen molar-refractivity contribution in [3.63, 3.8) is 0 Å². The van der Waals surface area contributed by atoms with Gasteiger partial charge in [-0.2, -0.15) is 0 Å². The summed E-state index contributed by atoms with van der Waals surface area (Å²) in [4.78, 5) is 4.16. The molecule has 0 aliphatic carbocycles. The zero-order valence-electron chi connectivity index (χ0n) is 6.86. The van der Waals surface area contributed by atoms with E-state index >= 15 is 0 Å². The molecule has 54 valence electrons. The van der Waals surface area contributed by atoms with Gasteiger partial charge in [0.1, 0.15) is 0 Å². The highest BCUT2D eigenvalue weighted by Gasteiger charge is 2.16. The smallest absolute Gasteiger partial charge is 0.0723 e. The van der Waals surface area contributed by atoms with Crippen LogP contribution >= 0.6 is 11.8 Å². The summed E-state index contributed by atoms with van der Waals surface area (Å²) in [6.45, 7) is 6.52. The zero-order chi connectivity index (χ0) is 7.49. The molecule has 0 aromatic heterocycles. The van der Waals surface area contributed by atoms with Crippen LogP contribution in [-0.2, 0) is 0 Å². The highest BCUT2D eigenvalue weighted by Crippen LogP contribution is 2.22. The standard InChI is InChI=1S/C7H15NS/c1-7(2,3)6(8-4)9-5/h1-5H3. The fourth-order valence-corrected chi connectivity index (χ4v) is 1.53. The number of aliphatic imine (C=N–C) groups is 1. The Morgan fingerprint density at radius 1 is 1.33 bits per heavy atom. The molecule has 0 unspecified atom stereocenters. The molecule has 0 heterocycles. The van der Waals surface area contributed by atoms with E-state index in [2.05, 4.69) is 32.0 Å². The van der Waals surface area contributed by atoms with Gasteiger partial charge in [0, 0.05) is 12.5 Å². The summed E-state index contributed by atoms with van der Waals surface area (Å²) in [6, 6.07) is 0. The van der Waals surface area contributed by atoms with Gasteiger partial charge >= 0.3 is 0 Å². The van der Waals surface area contributed by atoms with Crippen LogP contribution in [0.5, 0.6) is 0 Å². The summed E-state index contributed by atoms with van der Waals surface area (Å²) < 4.78 is 0. The van der Waals surface area contributed by atoms with E-state index in [1.807, 2.05) is 7.05 Å². The van der Waals surface area contributed by atoms with Crippen molar-refractivity contribution in [3.8, 4) is 0 Å². The maximum absolute atomic E-state index is 4.16. The zero-order valence-corrected chi connectivity index (χ0v) is 7.67. The quantitative estimate of drug-likeness (QED) is 0.376. The van der Waals surface area contributed by atoms with Crippen molar-refractivity contribution in [3.05, 3.63) is 0 Å². The Balaban J connectivity index is 4.14. The Labute approximate surface area is 61.9 Å². The molecule has 0 spiro atoms. The van der Waals surface area contributed by atoms with Crippen molar-refractivity contribution in [2.24, 2.45) is 10.4 Å². The number of thioether (sulfide) groups is 1. The monoisotopic (exact) mass is 145 g/mol. The van der Waals surface area contributed by atoms with Gasteiger partial charge in [-0.1, -0.05) is 20.8 Å². The molecule has 0 amide bonds. The second kappa shape index (κ2) is 3.25. The SMILES string of the molecule is CN=C(SC)C(C)(C)C. The van der Waals surface area contributed by atoms with E-state index in [9.17, 15) is 0 Å². The van der Waals surface area contributed by atoms with Gasteiger partial charge in [-0.05, 0) is 6.26 Å². The molecule has 0 rings (SSSR count). The normalized spacial score (nSPS) is 14.1. The van der Waals surface area contributed by atoms with Crippen molar-refractivity contribution in [2.75, 3.05) is 13.3 Å². The highest BCUT2D eigenvalue weighted by atomic mass is 32.2. The highest BCUT2D eigenvalue weighted by molar-refractivity contribution is 8.13. The lowest BCUT2D eigenvalue weighted by Crippen LogP contribution is -2.16. The molecular weight excluding hydrogens is 130 g/mol. The third kappa shape index (κ3) is 2.89. The van der Waals surface area contributed by atoms with Crippen LogP contribution in [0.1, 0.15) is 20.8 Å². The number of nitrogens with zero attached hydrogens (tertiary/aromatic N) is 1. The molecule has 0 aliphatic rings. The van der Waals surface area contributed by atoms with Crippen molar-refractivity contribution in [1.82, 2.24) is 0 Å². The molecule has 1 nitrogen and oxygen atoms in total. The summed E-state index contributed by atoms with van der Waals surface area (Å²) in [5.41, 5.74) is 0.230. The number of rotatable bonds is 0. The lowest BCUT2D eigenvalue weighted by Gasteiger charge is -2.18. The molecule has 0 N–H and O–H groups in total. The fraction of sp³-hybridized carbons (Fsp3) is 0.857. The van der Waals surface area contributed by atoms with Gasteiger partial charge in [0.15, 0.2) is 0 Å². The van der Waals surface area contributed by atoms with Crippen LogP contribution < -0.4 is 0 Å². The minimum Gasteiger partial charge on any atom is -0.286 e. The molecule has 0 saturated heterocycles. The Morgan fingerprint density at radius 2 is 1.78 bits per heavy atom. The van der Waals surface area contributed by atoms with E-state index in [0.717, 1.165) is 0 Å². The molecule has 0 fully saturated rings. The summed E-state index contributed by atoms with van der Waals surface area (Å²) in [7, 11) is 1.84. The average molecular weight is 145 g/mol. The minimum atomic E-state index is 0.230. The number of hydrogen-bond acceptors (Lipinski definition) is 2. The van der Waals surface area contributed by atoms with Crippen LogP contribution in [-0.4, -0.2) is 18.3 Å². The van der Waals surface area contributed by atoms with Gasteiger partial charge in [-0.25, -0.2) is 0 Å². The number of hydrogen-bond donors (Lipinski definition) is 0. The molecule has 0 aromatic carbocycles. The van der Waals surface area contributed by atoms with Crippen LogP contribution in [0.15, 0.2) is 4.99 Å². The lowest BCUT2D eigenvalue weighted by molar-refractivity contribution is 0.601. The minimum absolute atomic E-state index is 0.230. The summed E-state index contributed by atoms with van der Waals surface area (Å²) in [5.74, 6) is 0. The molecule has 0 bridgehead atoms. The second-order valence-corrected chi connectivity index (χ2v) is 3.78. The molecule has 2 heteroatoms. The first kappa shape index (κ1) is 9.02. The fourth-order valence-electron chi connectivity index (χ4n) is 0.733. The van der Waals surface area contributed by atoms with Crippen molar-refractivity contribution < 1.29 is 0 Å². The van der Waals surface area contributed by atoms with Gasteiger partial charge < -0.3 is 0 Å². The van der Waals surface area contributed by atoms with E-state index in [0.29, 0.717) is 0 Å². The Bertz CT molecular complexity index is 111. The van der Waals surface area contributed by atoms with Crippen LogP contribution in [0, 0.1) is 5.41 Å². The third-order valence-electron chi connectivity index (χ3n) is 1.04. The average Bonchev–Trinajstić information content (AvgIpc) is 1.65. The molecule has 0 atom stereocenters. The van der Waals surface area contributed by atoms with E-state index < -0.39 is 0 Å². The molecular formula is C7H15NS. The summed E-state index contributed by atoms with van der Waals surface area (Å²) in [5, 5.41) is 1.21. The van der Waals surface area contributed by atoms with E-state index in [1.165, 1.54) is 5.04 Å². The van der Waals surface area contributed by atoms with E-state index in [4.69, 9.17) is 0 Å². The Morgan fingerprint density at radius 3 is 1.78 bits per heavy atom. The Kier molecular flexibility index (Phi) is 3.26. The first-order valence-electron chi connectivity index (χ1n) is 3.03. The van der Waals surface area contributed by atoms with Crippen molar-refractivity contribution >= 4 is 16.8 Å². The van der Waals surface area contributed by atoms with Crippen LogP contribution in [0.25, 0.3) is 0 Å². The van der Waals surface area contributed by atoms with E-state index in [1.54, 1.807) is 11.8 Å². The van der Waals surface area contributed by atoms with E-state index in [-0.39, 0.29) is 5.41 Å². The maximum Gasteiger partial charge on any atom is 0.0723 e. The van der Waals surface area contributed by atoms with Gasteiger partial charge in [-0.15, -0.1) is 11.8 Å². The summed E-state index contributed by atoms with van der Waals surface area (Å²) in [6.07, 6.45) is 2.06. The molecule has 0 aliphatic heterocycles. The van der Waals surface area contributed by atoms with Gasteiger partial charge in [0.25, 0.3) is 0 Å². The molecule has 0 saturated carbocycles. The van der Waals surface area contributed by atoms with Gasteiger partial charge in [0.05, 0.1) is 5.04 Å². The van der Waals surface area contributed by atoms with Crippen molar-refractivity contribution in [2.45, 2.75) is 20.8 Å². The maximum atomic E-state index is 4.16. The predicted octanol–water partition coefficient (Wildman–Crippen LogP) is 2.42. The Hall–Kier alpha value is 0.0200. The first-order chi connectivity index (χ1) is 4.02. The molecule has 9 heavy (non-hydrogen) atoms. The van der Waals surface area contributed by atoms with Gasteiger partial charge in [-0.3, -0.25) is 4.99 Å². The topological polar surface area (TPSA) is 12.4 Å². The lowest BCUT2D eigenvalue weighted by atomic mass is 9.99. The van der Waals surface area contributed by atoms with Crippen LogP contribution in [0.3, 0.4) is 0 Å². The summed E-state index contributed by atoms with van der Waals surface area (Å²) >= 11 is 1.73. The third-order valence-corrected chi connectivity index (χ3v) is 2.22. The predicted molar refractivity (Wildman–Crippen MR) is 46.3 cm³/mol. The van der Waals surface area contributed by atoms with Crippen LogP contribution in [0.2, 0.25) is 0 Å². The van der Waals surface area contributed by atoms with Gasteiger partial charge in [0.2, 0.25) is 0 Å². The first-order valence-corrected chi connectivity index (χ1v) is 4.26. The molecule has 0 radical (unpaired) electrons.